The van der Waals surface area contributed by atoms with E-state index in [1.165, 1.54) is 11.3 Å². The van der Waals surface area contributed by atoms with Gasteiger partial charge in [0.1, 0.15) is 5.82 Å². The van der Waals surface area contributed by atoms with Crippen molar-refractivity contribution in [2.45, 2.75) is 25.7 Å². The molecule has 2 aliphatic rings. The lowest BCUT2D eigenvalue weighted by atomic mass is 10.2. The van der Waals surface area contributed by atoms with Gasteiger partial charge in [0.2, 0.25) is 5.91 Å². The summed E-state index contributed by atoms with van der Waals surface area (Å²) < 4.78 is 0. The molecule has 4 rings (SSSR count). The molecule has 1 aliphatic carbocycles. The number of carbonyl (C=O) groups is 1. The van der Waals surface area contributed by atoms with Crippen LogP contribution < -0.4 is 10.2 Å². The average molecular weight is 390 g/mol. The number of aryl methyl sites for hydroxylation is 1. The Hall–Kier alpha value is -2.98. The van der Waals surface area contributed by atoms with Crippen molar-refractivity contribution in [1.82, 2.24) is 25.2 Å². The van der Waals surface area contributed by atoms with Gasteiger partial charge in [-0.3, -0.25) is 14.7 Å². The molecule has 1 amide bonds. The first-order chi connectivity index (χ1) is 14.2. The van der Waals surface area contributed by atoms with Crippen molar-refractivity contribution in [2.24, 2.45) is 0 Å². The third-order valence-electron chi connectivity index (χ3n) is 5.49. The Morgan fingerprint density at radius 3 is 2.79 bits per heavy atom. The van der Waals surface area contributed by atoms with Crippen molar-refractivity contribution in [3.63, 3.8) is 0 Å². The Morgan fingerprint density at radius 1 is 1.10 bits per heavy atom. The molecular formula is C22H26N6O. The Labute approximate surface area is 171 Å². The van der Waals surface area contributed by atoms with Crippen LogP contribution in [0.3, 0.4) is 0 Å². The fourth-order valence-corrected chi connectivity index (χ4v) is 4.05. The van der Waals surface area contributed by atoms with Crippen LogP contribution in [0.4, 0.5) is 5.82 Å². The third kappa shape index (κ3) is 4.54. The van der Waals surface area contributed by atoms with Crippen LogP contribution in [-0.2, 0) is 17.6 Å². The maximum absolute atomic E-state index is 12.0. The molecule has 7 nitrogen and oxygen atoms in total. The van der Waals surface area contributed by atoms with Crippen LogP contribution in [0, 0.1) is 12.3 Å². The maximum Gasteiger partial charge on any atom is 0.234 e. The first kappa shape index (κ1) is 19.3. The lowest BCUT2D eigenvalue weighted by molar-refractivity contribution is -0.121. The molecule has 29 heavy (non-hydrogen) atoms. The second-order valence-electron chi connectivity index (χ2n) is 7.48. The Bertz CT molecular complexity index is 908. The van der Waals surface area contributed by atoms with Gasteiger partial charge in [-0.05, 0) is 37.8 Å². The zero-order valence-electron chi connectivity index (χ0n) is 16.6. The van der Waals surface area contributed by atoms with Crippen molar-refractivity contribution in [3.8, 4) is 23.7 Å². The van der Waals surface area contributed by atoms with Gasteiger partial charge >= 0.3 is 0 Å². The fraction of sp³-hybridized carbons (Fsp3) is 0.455. The van der Waals surface area contributed by atoms with Crippen LogP contribution in [0.25, 0.3) is 11.4 Å². The monoisotopic (exact) mass is 390 g/mol. The lowest BCUT2D eigenvalue weighted by Crippen LogP contribution is -2.39. The number of anilines is 1. The molecule has 7 heteroatoms. The molecule has 0 bridgehead atoms. The highest BCUT2D eigenvalue weighted by atomic mass is 16.2. The lowest BCUT2D eigenvalue weighted by Gasteiger charge is -2.25. The first-order valence-corrected chi connectivity index (χ1v) is 10.2. The molecule has 150 valence electrons. The normalized spacial score (nSPS) is 16.7. The van der Waals surface area contributed by atoms with Crippen molar-refractivity contribution < 1.29 is 4.79 Å². The molecule has 0 saturated carbocycles. The van der Waals surface area contributed by atoms with Gasteiger partial charge in [0.25, 0.3) is 0 Å². The molecule has 1 saturated heterocycles. The van der Waals surface area contributed by atoms with E-state index in [1.807, 2.05) is 12.1 Å². The molecule has 0 spiro atoms. The molecule has 0 aromatic carbocycles. The average Bonchev–Trinajstić information content (AvgIpc) is 3.11. The molecule has 1 aliphatic heterocycles. The predicted molar refractivity (Wildman–Crippen MR) is 112 cm³/mol. The highest BCUT2D eigenvalue weighted by Gasteiger charge is 2.25. The summed E-state index contributed by atoms with van der Waals surface area (Å²) in [6.45, 7) is 4.17. The summed E-state index contributed by atoms with van der Waals surface area (Å²) in [6, 6.07) is 3.92. The van der Waals surface area contributed by atoms with Gasteiger partial charge in [-0.25, -0.2) is 9.97 Å². The summed E-state index contributed by atoms with van der Waals surface area (Å²) in [5.74, 6) is 4.27. The Kier molecular flexibility index (Phi) is 6.01. The van der Waals surface area contributed by atoms with Crippen LogP contribution in [0.2, 0.25) is 0 Å². The van der Waals surface area contributed by atoms with E-state index in [0.29, 0.717) is 6.54 Å². The van der Waals surface area contributed by atoms with Gasteiger partial charge < -0.3 is 10.2 Å². The summed E-state index contributed by atoms with van der Waals surface area (Å²) in [5.41, 5.74) is 3.47. The molecule has 0 unspecified atom stereocenters. The summed E-state index contributed by atoms with van der Waals surface area (Å²) >= 11 is 0. The summed E-state index contributed by atoms with van der Waals surface area (Å²) in [6.07, 6.45) is 12.9. The van der Waals surface area contributed by atoms with Gasteiger partial charge in [-0.1, -0.05) is 5.92 Å². The van der Waals surface area contributed by atoms with Crippen LogP contribution in [0.5, 0.6) is 0 Å². The third-order valence-corrected chi connectivity index (χ3v) is 5.49. The van der Waals surface area contributed by atoms with Crippen molar-refractivity contribution in [2.75, 3.05) is 44.2 Å². The van der Waals surface area contributed by atoms with Crippen LogP contribution in [0.1, 0.15) is 24.1 Å². The number of hydrogen-bond donors (Lipinski definition) is 1. The molecule has 2 aromatic heterocycles. The van der Waals surface area contributed by atoms with E-state index in [1.54, 1.807) is 12.4 Å². The number of aromatic nitrogens is 3. The van der Waals surface area contributed by atoms with Crippen LogP contribution in [0.15, 0.2) is 24.5 Å². The van der Waals surface area contributed by atoms with Crippen LogP contribution in [-0.4, -0.2) is 65.0 Å². The number of fused-ring (bicyclic) bond motifs is 1. The second kappa shape index (κ2) is 9.01. The van der Waals surface area contributed by atoms with E-state index >= 15 is 0 Å². The van der Waals surface area contributed by atoms with E-state index in [0.717, 1.165) is 69.1 Å². The maximum atomic E-state index is 12.0. The largest absolute Gasteiger partial charge is 0.355 e. The number of pyridine rings is 1. The summed E-state index contributed by atoms with van der Waals surface area (Å²) in [4.78, 5) is 30.5. The minimum absolute atomic E-state index is 0.0145. The SMILES string of the molecule is C#CCNC(=O)CN1CCCN(c2nc(-c3ccncc3)nc3c2CCC3)CC1. The number of hydrogen-bond acceptors (Lipinski definition) is 6. The molecule has 0 radical (unpaired) electrons. The quantitative estimate of drug-likeness (QED) is 0.776. The summed E-state index contributed by atoms with van der Waals surface area (Å²) in [5, 5.41) is 2.75. The van der Waals surface area contributed by atoms with E-state index in [2.05, 4.69) is 26.0 Å². The number of terminal acetylenes is 1. The Balaban J connectivity index is 1.52. The van der Waals surface area contributed by atoms with Crippen molar-refractivity contribution >= 4 is 11.7 Å². The van der Waals surface area contributed by atoms with Crippen molar-refractivity contribution in [1.29, 1.82) is 0 Å². The smallest absolute Gasteiger partial charge is 0.234 e. The molecule has 3 heterocycles. The zero-order valence-corrected chi connectivity index (χ0v) is 16.6. The highest BCUT2D eigenvalue weighted by molar-refractivity contribution is 5.78. The highest BCUT2D eigenvalue weighted by Crippen LogP contribution is 2.31. The zero-order chi connectivity index (χ0) is 20.1. The van der Waals surface area contributed by atoms with Gasteiger partial charge in [-0.2, -0.15) is 0 Å². The minimum Gasteiger partial charge on any atom is -0.355 e. The molecule has 1 N–H and O–H groups in total. The fourth-order valence-electron chi connectivity index (χ4n) is 4.05. The number of rotatable bonds is 5. The van der Waals surface area contributed by atoms with Gasteiger partial charge in [-0.15, -0.1) is 6.42 Å². The summed E-state index contributed by atoms with van der Waals surface area (Å²) in [7, 11) is 0. The number of nitrogens with one attached hydrogen (secondary N) is 1. The number of amides is 1. The topological polar surface area (TPSA) is 74.2 Å². The second-order valence-corrected chi connectivity index (χ2v) is 7.48. The van der Waals surface area contributed by atoms with E-state index in [4.69, 9.17) is 16.4 Å². The molecular weight excluding hydrogens is 364 g/mol. The molecule has 0 atom stereocenters. The van der Waals surface area contributed by atoms with Gasteiger partial charge in [0.05, 0.1) is 13.1 Å². The van der Waals surface area contributed by atoms with E-state index in [-0.39, 0.29) is 12.5 Å². The number of carbonyl (C=O) groups excluding carboxylic acids is 1. The minimum atomic E-state index is -0.0145. The standard InChI is InChI=1S/C22H26N6O/c1-2-9-24-20(29)16-27-12-4-13-28(15-14-27)22-18-5-3-6-19(18)25-21(26-22)17-7-10-23-11-8-17/h1,7-8,10-11H,3-6,9,12-16H2,(H,24,29). The van der Waals surface area contributed by atoms with Crippen LogP contribution >= 0.6 is 0 Å². The molecule has 1 fully saturated rings. The Morgan fingerprint density at radius 2 is 1.97 bits per heavy atom. The van der Waals surface area contributed by atoms with Gasteiger partial charge in [0.15, 0.2) is 5.82 Å². The number of nitrogens with zero attached hydrogens (tertiary/aromatic N) is 5. The predicted octanol–water partition coefficient (Wildman–Crippen LogP) is 1.29. The first-order valence-electron chi connectivity index (χ1n) is 10.2. The van der Waals surface area contributed by atoms with E-state index in [9.17, 15) is 4.79 Å². The van der Waals surface area contributed by atoms with E-state index < -0.39 is 0 Å². The van der Waals surface area contributed by atoms with Gasteiger partial charge in [0, 0.05) is 55.4 Å². The van der Waals surface area contributed by atoms with Crippen molar-refractivity contribution in [3.05, 3.63) is 35.8 Å². The molecule has 2 aromatic rings.